The van der Waals surface area contributed by atoms with Crippen molar-refractivity contribution in [2.75, 3.05) is 0 Å². The average molecular weight is 212 g/mol. The predicted octanol–water partition coefficient (Wildman–Crippen LogP) is 3.39. The average Bonchev–Trinajstić information content (AvgIpc) is 2.09. The zero-order valence-electron chi connectivity index (χ0n) is 9.63. The first-order valence-corrected chi connectivity index (χ1v) is 3.11. The van der Waals surface area contributed by atoms with Gasteiger partial charge in [-0.2, -0.15) is 0 Å². The molecule has 0 aromatic heterocycles. The monoisotopic (exact) mass is 211 g/mol. The lowest BCUT2D eigenvalue weighted by Crippen LogP contribution is -1.81. The molecule has 1 rings (SSSR count). The zero-order chi connectivity index (χ0) is 12.0. The van der Waals surface area contributed by atoms with Crippen LogP contribution in [0.15, 0.2) is 28.6 Å². The maximum atomic E-state index is 12.7. The van der Waals surface area contributed by atoms with Gasteiger partial charge in [-0.3, -0.25) is 0 Å². The van der Waals surface area contributed by atoms with Crippen LogP contribution in [-0.2, 0) is 0 Å². The highest BCUT2D eigenvalue weighted by Gasteiger charge is 2.04. The van der Waals surface area contributed by atoms with Gasteiger partial charge < -0.3 is 0 Å². The zero-order valence-corrected chi connectivity index (χ0v) is 6.22. The van der Waals surface area contributed by atoms with Crippen LogP contribution in [0.1, 0.15) is 18.8 Å². The molecule has 0 N–H and O–H groups in total. The van der Waals surface area contributed by atoms with Crippen molar-refractivity contribution < 1.29 is 15.6 Å². The van der Waals surface area contributed by atoms with Gasteiger partial charge in [0.1, 0.15) is 1.37 Å². The molecule has 0 aliphatic carbocycles. The van der Waals surface area contributed by atoms with E-state index >= 15 is 0 Å². The molecule has 0 amide bonds. The molecule has 0 aliphatic rings. The van der Waals surface area contributed by atoms with E-state index in [2.05, 4.69) is 15.9 Å². The minimum absolute atomic E-state index is 0.301. The summed E-state index contributed by atoms with van der Waals surface area (Å²) in [5, 5.41) is 0. The Labute approximate surface area is 73.0 Å². The lowest BCUT2D eigenvalue weighted by Gasteiger charge is -1.97. The third-order valence-corrected chi connectivity index (χ3v) is 1.18. The second kappa shape index (κ2) is 3.10. The fourth-order valence-electron chi connectivity index (χ4n) is 0.415. The highest BCUT2D eigenvalue weighted by Crippen LogP contribution is 2.21. The van der Waals surface area contributed by atoms with Gasteiger partial charge >= 0.3 is 0 Å². The second-order valence-electron chi connectivity index (χ2n) is 1.45. The molecule has 0 aliphatic heterocycles. The van der Waals surface area contributed by atoms with Crippen molar-refractivity contribution in [3.05, 3.63) is 34.2 Å². The number of halogens is 3. The first-order chi connectivity index (χ1) is 6.68. The third kappa shape index (κ3) is 1.77. The predicted molar refractivity (Wildman–Crippen MR) is 39.1 cm³/mol. The molecule has 0 atom stereocenters. The highest BCUT2D eigenvalue weighted by molar-refractivity contribution is 9.10. The van der Waals surface area contributed by atoms with E-state index in [4.69, 9.17) is 6.85 Å². The lowest BCUT2D eigenvalue weighted by molar-refractivity contribution is 0.151. The second-order valence-corrected chi connectivity index (χ2v) is 2.24. The van der Waals surface area contributed by atoms with Gasteiger partial charge in [-0.25, -0.2) is 8.78 Å². The van der Waals surface area contributed by atoms with Crippen LogP contribution in [0.5, 0.6) is 0 Å². The van der Waals surface area contributed by atoms with Crippen LogP contribution in [0.3, 0.4) is 0 Å². The van der Waals surface area contributed by atoms with Gasteiger partial charge in [0, 0.05) is 10.0 Å². The van der Waals surface area contributed by atoms with Gasteiger partial charge in [-0.05, 0) is 12.1 Å². The van der Waals surface area contributed by atoms with Gasteiger partial charge in [0.25, 0.3) is 6.40 Å². The maximum Gasteiger partial charge on any atom is 0.263 e. The number of hydrogen-bond donors (Lipinski definition) is 0. The van der Waals surface area contributed by atoms with Crippen molar-refractivity contribution in [2.45, 2.75) is 6.40 Å². The number of alkyl halides is 2. The number of benzene rings is 1. The Morgan fingerprint density at radius 3 is 2.90 bits per heavy atom. The molecular formula is C7H5BrF2. The van der Waals surface area contributed by atoms with E-state index < -0.39 is 36.1 Å². The Kier molecular flexibility index (Phi) is 1.02. The van der Waals surface area contributed by atoms with Crippen LogP contribution in [0, 0.1) is 0 Å². The molecule has 0 saturated heterocycles. The summed E-state index contributed by atoms with van der Waals surface area (Å²) in [6.07, 6.45) is -4.11. The fourth-order valence-corrected chi connectivity index (χ4v) is 0.713. The van der Waals surface area contributed by atoms with Crippen LogP contribution in [0.2, 0.25) is 0 Å². The van der Waals surface area contributed by atoms with Gasteiger partial charge in [-0.15, -0.1) is 0 Å². The lowest BCUT2D eigenvalue weighted by atomic mass is 10.2. The van der Waals surface area contributed by atoms with Crippen molar-refractivity contribution >= 4 is 15.9 Å². The SMILES string of the molecule is [2H]c1c([2H])c(Br)c([2H])c(C([2H])(F)F)c1[2H]. The van der Waals surface area contributed by atoms with E-state index in [-0.39, 0.29) is 4.47 Å². The molecule has 10 heavy (non-hydrogen) atoms. The van der Waals surface area contributed by atoms with Crippen LogP contribution in [0.4, 0.5) is 8.78 Å². The first-order valence-electron chi connectivity index (χ1n) is 4.82. The molecule has 0 nitrogen and oxygen atoms in total. The normalized spacial score (nSPS) is 18.5. The molecule has 3 heteroatoms. The maximum absolute atomic E-state index is 12.7. The van der Waals surface area contributed by atoms with E-state index in [0.29, 0.717) is 0 Å². The van der Waals surface area contributed by atoms with E-state index in [0.717, 1.165) is 0 Å². The van der Waals surface area contributed by atoms with Crippen LogP contribution < -0.4 is 0 Å². The summed E-state index contributed by atoms with van der Waals surface area (Å²) in [4.78, 5) is 0. The van der Waals surface area contributed by atoms with Crippen LogP contribution >= 0.6 is 15.9 Å². The summed E-state index contributed by atoms with van der Waals surface area (Å²) in [6.45, 7) is 0. The molecule has 0 bridgehead atoms. The Morgan fingerprint density at radius 1 is 1.60 bits per heavy atom. The van der Waals surface area contributed by atoms with Crippen molar-refractivity contribution in [3.63, 3.8) is 0 Å². The molecule has 0 unspecified atom stereocenters. The van der Waals surface area contributed by atoms with Gasteiger partial charge in [0.2, 0.25) is 0 Å². The Bertz CT molecular complexity index is 386. The molecule has 1 aromatic carbocycles. The summed E-state index contributed by atoms with van der Waals surface area (Å²) >= 11 is 2.71. The summed E-state index contributed by atoms with van der Waals surface area (Å²) in [5.41, 5.74) is -1.16. The Balaban J connectivity index is 3.68. The quantitative estimate of drug-likeness (QED) is 0.669. The minimum atomic E-state index is -4.11. The molecule has 0 saturated carbocycles. The minimum Gasteiger partial charge on any atom is -0.205 e. The van der Waals surface area contributed by atoms with E-state index in [1.807, 2.05) is 0 Å². The Morgan fingerprint density at radius 2 is 2.30 bits per heavy atom. The van der Waals surface area contributed by atoms with Crippen molar-refractivity contribution in [2.24, 2.45) is 0 Å². The summed E-state index contributed by atoms with van der Waals surface area (Å²) < 4.78 is 60.5. The molecule has 1 aromatic rings. The molecule has 0 fully saturated rings. The molecular weight excluding hydrogens is 202 g/mol. The summed E-state index contributed by atoms with van der Waals surface area (Å²) in [5.74, 6) is 0. The van der Waals surface area contributed by atoms with E-state index in [1.54, 1.807) is 0 Å². The molecule has 0 heterocycles. The number of rotatable bonds is 1. The van der Waals surface area contributed by atoms with Crippen molar-refractivity contribution in [1.29, 1.82) is 0 Å². The Hall–Kier alpha value is -0.440. The van der Waals surface area contributed by atoms with Crippen LogP contribution in [-0.4, -0.2) is 0 Å². The van der Waals surface area contributed by atoms with Crippen LogP contribution in [0.25, 0.3) is 0 Å². The largest absolute Gasteiger partial charge is 0.263 e. The molecule has 54 valence electrons. The van der Waals surface area contributed by atoms with E-state index in [1.165, 1.54) is 0 Å². The van der Waals surface area contributed by atoms with Gasteiger partial charge in [0.05, 0.1) is 5.48 Å². The van der Waals surface area contributed by atoms with Gasteiger partial charge in [0.15, 0.2) is 0 Å². The van der Waals surface area contributed by atoms with Crippen molar-refractivity contribution in [3.8, 4) is 0 Å². The van der Waals surface area contributed by atoms with Gasteiger partial charge in [-0.1, -0.05) is 28.0 Å². The smallest absolute Gasteiger partial charge is 0.205 e. The highest BCUT2D eigenvalue weighted by atomic mass is 79.9. The first kappa shape index (κ1) is 3.30. The molecule has 0 radical (unpaired) electrons. The number of hydrogen-bond acceptors (Lipinski definition) is 0. The summed E-state index contributed by atoms with van der Waals surface area (Å²) in [7, 11) is 0. The van der Waals surface area contributed by atoms with Crippen molar-refractivity contribution in [1.82, 2.24) is 0 Å². The van der Waals surface area contributed by atoms with E-state index in [9.17, 15) is 8.78 Å². The third-order valence-electron chi connectivity index (χ3n) is 0.783. The standard InChI is InChI=1S/C7H5BrF2/c8-6-3-1-2-5(4-6)7(9)10/h1-4,7H/i1D,2D,3D,4D,7D. The molecule has 0 spiro atoms. The summed E-state index contributed by atoms with van der Waals surface area (Å²) in [6, 6.07) is -2.97. The topological polar surface area (TPSA) is 0 Å². The fraction of sp³-hybridized carbons (Fsp3) is 0.143.